The lowest BCUT2D eigenvalue weighted by molar-refractivity contribution is 0.525. The molecule has 13 aromatic rings. The molecule has 4 heterocycles. The van der Waals surface area contributed by atoms with E-state index in [2.05, 4.69) is 257 Å². The Morgan fingerprint density at radius 3 is 1.40 bits per heavy atom. The number of hydrogen-bond donors (Lipinski definition) is 1. The molecule has 0 bridgehead atoms. The number of nitrogens with zero attached hydrogens (tertiary/aromatic N) is 4. The number of aromatic nitrogens is 4. The molecule has 72 heavy (non-hydrogen) atoms. The van der Waals surface area contributed by atoms with Gasteiger partial charge in [-0.3, -0.25) is 0 Å². The van der Waals surface area contributed by atoms with Crippen LogP contribution in [0.4, 0.5) is 0 Å². The molecule has 0 amide bonds. The second-order valence-corrected chi connectivity index (χ2v) is 19.0. The van der Waals surface area contributed by atoms with Crippen molar-refractivity contribution in [2.75, 3.05) is 0 Å². The van der Waals surface area contributed by atoms with Gasteiger partial charge in [-0.1, -0.05) is 188 Å². The predicted octanol–water partition coefficient (Wildman–Crippen LogP) is 16.7. The van der Waals surface area contributed by atoms with Crippen LogP contribution in [0.1, 0.15) is 35.1 Å². The van der Waals surface area contributed by atoms with Crippen LogP contribution in [0.3, 0.4) is 0 Å². The second-order valence-electron chi connectivity index (χ2n) is 19.0. The Morgan fingerprint density at radius 1 is 0.347 bits per heavy atom. The predicted molar refractivity (Wildman–Crippen MR) is 299 cm³/mol. The highest BCUT2D eigenvalue weighted by Crippen LogP contribution is 2.41. The maximum absolute atomic E-state index is 5.34. The van der Waals surface area contributed by atoms with Gasteiger partial charge in [-0.05, 0) is 101 Å². The number of benzene rings is 10. The summed E-state index contributed by atoms with van der Waals surface area (Å²) >= 11 is 0. The maximum Gasteiger partial charge on any atom is 0.0973 e. The van der Waals surface area contributed by atoms with Gasteiger partial charge in [0.15, 0.2) is 0 Å². The van der Waals surface area contributed by atoms with E-state index in [0.29, 0.717) is 0 Å². The van der Waals surface area contributed by atoms with E-state index in [9.17, 15) is 0 Å². The smallest absolute Gasteiger partial charge is 0.0973 e. The van der Waals surface area contributed by atoms with Crippen LogP contribution < -0.4 is 5.32 Å². The van der Waals surface area contributed by atoms with Crippen molar-refractivity contribution < 1.29 is 0 Å². The van der Waals surface area contributed by atoms with Crippen LogP contribution in [0, 0.1) is 0 Å². The first-order valence-corrected chi connectivity index (χ1v) is 24.9. The molecule has 3 aromatic heterocycles. The Labute approximate surface area is 417 Å². The van der Waals surface area contributed by atoms with E-state index in [-0.39, 0.29) is 12.0 Å². The number of para-hydroxylation sites is 2. The van der Waals surface area contributed by atoms with Gasteiger partial charge in [-0.25, -0.2) is 9.97 Å². The molecule has 0 fully saturated rings. The molecule has 0 radical (unpaired) electrons. The molecule has 5 heteroatoms. The minimum atomic E-state index is 0.214. The van der Waals surface area contributed by atoms with E-state index in [4.69, 9.17) is 9.97 Å². The highest BCUT2D eigenvalue weighted by atomic mass is 15.0. The lowest BCUT2D eigenvalue weighted by atomic mass is 9.84. The molecule has 5 nitrogen and oxygen atoms in total. The first kappa shape index (κ1) is 41.6. The van der Waals surface area contributed by atoms with Crippen LogP contribution >= 0.6 is 0 Å². The average Bonchev–Trinajstić information content (AvgIpc) is 3.97. The van der Waals surface area contributed by atoms with Crippen LogP contribution in [-0.4, -0.2) is 19.1 Å². The first-order chi connectivity index (χ1) is 35.7. The minimum Gasteiger partial charge on any atom is -0.378 e. The monoisotopic (exact) mass is 921 g/mol. The van der Waals surface area contributed by atoms with E-state index in [0.717, 1.165) is 62.4 Å². The largest absolute Gasteiger partial charge is 0.378 e. The summed E-state index contributed by atoms with van der Waals surface area (Å²) < 4.78 is 4.80. The van der Waals surface area contributed by atoms with Gasteiger partial charge < -0.3 is 14.5 Å². The van der Waals surface area contributed by atoms with Gasteiger partial charge in [-0.2, -0.15) is 0 Å². The van der Waals surface area contributed by atoms with Crippen molar-refractivity contribution >= 4 is 60.3 Å². The minimum absolute atomic E-state index is 0.214. The molecular weight excluding hydrogens is 875 g/mol. The summed E-state index contributed by atoms with van der Waals surface area (Å²) in [7, 11) is 0. The highest BCUT2D eigenvalue weighted by Gasteiger charge is 2.26. The van der Waals surface area contributed by atoms with Crippen LogP contribution in [0.15, 0.2) is 255 Å². The van der Waals surface area contributed by atoms with Gasteiger partial charge in [-0.15, -0.1) is 0 Å². The third-order valence-corrected chi connectivity index (χ3v) is 14.7. The van der Waals surface area contributed by atoms with Gasteiger partial charge in [0.2, 0.25) is 0 Å². The first-order valence-electron chi connectivity index (χ1n) is 24.9. The molecule has 0 saturated heterocycles. The summed E-state index contributed by atoms with van der Waals surface area (Å²) in [5.41, 5.74) is 19.8. The Hall–Kier alpha value is -9.32. The zero-order chi connectivity index (χ0) is 47.5. The van der Waals surface area contributed by atoms with Crippen molar-refractivity contribution in [3.8, 4) is 45.0 Å². The quantitative estimate of drug-likeness (QED) is 0.165. The van der Waals surface area contributed by atoms with Crippen molar-refractivity contribution in [1.82, 2.24) is 24.4 Å². The number of fused-ring (bicyclic) bond motifs is 7. The van der Waals surface area contributed by atoms with Gasteiger partial charge in [0, 0.05) is 55.7 Å². The molecule has 0 saturated carbocycles. The third kappa shape index (κ3) is 7.16. The molecule has 2 atom stereocenters. The molecule has 1 aliphatic heterocycles. The van der Waals surface area contributed by atoms with E-state index >= 15 is 0 Å². The van der Waals surface area contributed by atoms with Crippen molar-refractivity contribution in [3.05, 3.63) is 271 Å². The Bertz CT molecular complexity index is 4190. The summed E-state index contributed by atoms with van der Waals surface area (Å²) in [6, 6.07) is 89.7. The van der Waals surface area contributed by atoms with Crippen LogP contribution in [0.25, 0.3) is 105 Å². The number of rotatable bonds is 8. The summed E-state index contributed by atoms with van der Waals surface area (Å²) in [4.78, 5) is 10.6. The van der Waals surface area contributed by atoms with Crippen molar-refractivity contribution in [3.63, 3.8) is 0 Å². The van der Waals surface area contributed by atoms with E-state index in [1.54, 1.807) is 0 Å². The van der Waals surface area contributed by atoms with Crippen molar-refractivity contribution in [2.45, 2.75) is 18.4 Å². The van der Waals surface area contributed by atoms with Gasteiger partial charge in [0.25, 0.3) is 0 Å². The van der Waals surface area contributed by atoms with E-state index < -0.39 is 0 Å². The summed E-state index contributed by atoms with van der Waals surface area (Å²) in [5, 5.41) is 8.75. The van der Waals surface area contributed by atoms with Gasteiger partial charge in [0.1, 0.15) is 0 Å². The fourth-order valence-corrected chi connectivity index (χ4v) is 11.3. The normalized spacial score (nSPS) is 14.8. The van der Waals surface area contributed by atoms with Crippen LogP contribution in [-0.2, 0) is 0 Å². The fraction of sp³-hybridized carbons (Fsp3) is 0.0448. The topological polar surface area (TPSA) is 47.7 Å². The maximum atomic E-state index is 5.34. The zero-order valence-electron chi connectivity index (χ0n) is 39.4. The molecular formula is C67H47N5. The molecule has 2 unspecified atom stereocenters. The van der Waals surface area contributed by atoms with E-state index in [1.807, 2.05) is 12.1 Å². The Morgan fingerprint density at radius 2 is 0.819 bits per heavy atom. The molecule has 14 rings (SSSR count). The zero-order valence-corrected chi connectivity index (χ0v) is 39.4. The van der Waals surface area contributed by atoms with Crippen LogP contribution in [0.2, 0.25) is 0 Å². The van der Waals surface area contributed by atoms with E-state index in [1.165, 1.54) is 66.1 Å². The molecule has 0 spiro atoms. The number of hydrogen-bond acceptors (Lipinski definition) is 3. The van der Waals surface area contributed by atoms with Gasteiger partial charge in [0.05, 0.1) is 50.5 Å². The standard InChI is InChI=1S/C67H47N5/c1-5-17-45(18-6-1)59-41-51(42-60(68-59)46-19-7-2-8-20-46)44-29-33-52(34-30-44)71-62-27-15-13-25-54(62)56-39-49(31-37-64(56)71)50-32-38-65-57(40-50)55-26-14-16-28-63(55)72(65)53-35-36-58-61(43-53)70-67(48-23-11-4-12-24-48)66(69-58)47-21-9-3-10-22-47/h1-41,43,51,60,68H,42H2. The Balaban J connectivity index is 0.831. The molecule has 340 valence electrons. The molecule has 1 aliphatic rings. The summed E-state index contributed by atoms with van der Waals surface area (Å²) in [6.45, 7) is 0. The Kier molecular flexibility index (Phi) is 9.99. The third-order valence-electron chi connectivity index (χ3n) is 14.7. The average molecular weight is 922 g/mol. The SMILES string of the molecule is C1=C(c2ccccc2)NC(c2ccccc2)CC1c1ccc(-n2c3ccccc3c3cc(-c4ccc5c(c4)c4ccccc4n5-c4ccc5nc(-c6ccccc6)c(-c6ccccc6)nc5c4)ccc32)cc1. The molecule has 1 N–H and O–H groups in total. The molecule has 0 aliphatic carbocycles. The highest BCUT2D eigenvalue weighted by molar-refractivity contribution is 6.13. The lowest BCUT2D eigenvalue weighted by Crippen LogP contribution is -2.26. The van der Waals surface area contributed by atoms with Crippen LogP contribution in [0.5, 0.6) is 0 Å². The number of allylic oxidation sites excluding steroid dienone is 1. The fourth-order valence-electron chi connectivity index (χ4n) is 11.3. The van der Waals surface area contributed by atoms with Crippen molar-refractivity contribution in [2.24, 2.45) is 0 Å². The number of nitrogens with one attached hydrogen (secondary N) is 1. The van der Waals surface area contributed by atoms with Gasteiger partial charge >= 0.3 is 0 Å². The second kappa shape index (κ2) is 17.3. The summed E-state index contributed by atoms with van der Waals surface area (Å²) in [6.07, 6.45) is 3.40. The molecule has 10 aromatic carbocycles. The lowest BCUT2D eigenvalue weighted by Gasteiger charge is -2.32. The van der Waals surface area contributed by atoms with Crippen molar-refractivity contribution in [1.29, 1.82) is 0 Å². The summed E-state index contributed by atoms with van der Waals surface area (Å²) in [5.74, 6) is 0.261.